The summed E-state index contributed by atoms with van der Waals surface area (Å²) in [5.41, 5.74) is 1.28. The summed E-state index contributed by atoms with van der Waals surface area (Å²) in [7, 11) is 0. The number of nitrogens with zero attached hydrogens (tertiary/aromatic N) is 5. The molecule has 0 atom stereocenters. The average Bonchev–Trinajstić information content (AvgIpc) is 3.17. The van der Waals surface area contributed by atoms with Crippen molar-refractivity contribution in [2.75, 3.05) is 19.6 Å². The number of nitrogens with one attached hydrogen (secondary N) is 1. The van der Waals surface area contributed by atoms with Gasteiger partial charge in [0.1, 0.15) is 11.6 Å². The summed E-state index contributed by atoms with van der Waals surface area (Å²) in [6.07, 6.45) is 3.50. The maximum Gasteiger partial charge on any atom is 0.256 e. The van der Waals surface area contributed by atoms with Gasteiger partial charge in [-0.3, -0.25) is 9.78 Å². The Morgan fingerprint density at radius 2 is 1.93 bits per heavy atom. The zero-order valence-electron chi connectivity index (χ0n) is 16.3. The summed E-state index contributed by atoms with van der Waals surface area (Å²) < 4.78 is 2.24. The predicted molar refractivity (Wildman–Crippen MR) is 121 cm³/mol. The normalized spacial score (nSPS) is 16.5. The first kappa shape index (κ1) is 22.7. The van der Waals surface area contributed by atoms with Crippen molar-refractivity contribution in [3.05, 3.63) is 52.7 Å². The minimum atomic E-state index is -0.00266. The van der Waals surface area contributed by atoms with Gasteiger partial charge in [-0.1, -0.05) is 17.7 Å². The number of carbonyl (C=O) groups excluding carboxylic acids is 1. The minimum absolute atomic E-state index is 0. The van der Waals surface area contributed by atoms with Gasteiger partial charge in [0.05, 0.1) is 17.6 Å². The third kappa shape index (κ3) is 4.12. The highest BCUT2D eigenvalue weighted by atomic mass is 35.5. The Bertz CT molecular complexity index is 1050. The lowest BCUT2D eigenvalue weighted by atomic mass is 9.95. The lowest BCUT2D eigenvalue weighted by molar-refractivity contribution is 0.0712. The number of amides is 1. The van der Waals surface area contributed by atoms with E-state index >= 15 is 0 Å². The molecule has 0 aliphatic carbocycles. The maximum atomic E-state index is 13.2. The largest absolute Gasteiger partial charge is 0.339 e. The van der Waals surface area contributed by atoms with Crippen molar-refractivity contribution in [1.29, 1.82) is 0 Å². The van der Waals surface area contributed by atoms with Crippen LogP contribution < -0.4 is 5.32 Å². The molecule has 2 aliphatic heterocycles. The molecule has 5 rings (SSSR count). The van der Waals surface area contributed by atoms with Gasteiger partial charge < -0.3 is 14.8 Å². The topological polar surface area (TPSA) is 75.9 Å². The van der Waals surface area contributed by atoms with E-state index in [0.29, 0.717) is 35.1 Å². The van der Waals surface area contributed by atoms with E-state index in [4.69, 9.17) is 11.6 Å². The smallest absolute Gasteiger partial charge is 0.256 e. The zero-order chi connectivity index (χ0) is 19.1. The summed E-state index contributed by atoms with van der Waals surface area (Å²) >= 11 is 6.24. The average molecular weight is 470 g/mol. The molecule has 1 saturated heterocycles. The second-order valence-corrected chi connectivity index (χ2v) is 7.83. The van der Waals surface area contributed by atoms with E-state index in [1.807, 2.05) is 23.1 Å². The van der Waals surface area contributed by atoms with Crippen molar-refractivity contribution in [3.8, 4) is 0 Å². The molecule has 3 aromatic rings. The van der Waals surface area contributed by atoms with Crippen LogP contribution in [0.4, 0.5) is 0 Å². The van der Waals surface area contributed by atoms with Crippen LogP contribution in [0.1, 0.15) is 40.8 Å². The second kappa shape index (κ2) is 9.47. The molecule has 160 valence electrons. The highest BCUT2D eigenvalue weighted by molar-refractivity contribution is 6.32. The summed E-state index contributed by atoms with van der Waals surface area (Å²) in [4.78, 5) is 19.5. The van der Waals surface area contributed by atoms with Crippen molar-refractivity contribution in [1.82, 2.24) is 30.0 Å². The molecular formula is C20H23Cl3N6O. The quantitative estimate of drug-likeness (QED) is 0.622. The number of halogens is 3. The van der Waals surface area contributed by atoms with Gasteiger partial charge in [-0.05, 0) is 31.0 Å². The fourth-order valence-corrected chi connectivity index (χ4v) is 4.47. The molecule has 0 unspecified atom stereocenters. The molecule has 1 fully saturated rings. The van der Waals surface area contributed by atoms with E-state index in [0.717, 1.165) is 49.5 Å². The van der Waals surface area contributed by atoms with Crippen LogP contribution in [0.3, 0.4) is 0 Å². The molecule has 1 aromatic carbocycles. The maximum absolute atomic E-state index is 13.2. The number of rotatable bonds is 2. The number of carbonyl (C=O) groups is 1. The van der Waals surface area contributed by atoms with Crippen molar-refractivity contribution < 1.29 is 4.79 Å². The molecule has 1 N–H and O–H groups in total. The third-order valence-electron chi connectivity index (χ3n) is 5.70. The molecule has 0 spiro atoms. The van der Waals surface area contributed by atoms with Crippen LogP contribution in [0, 0.1) is 0 Å². The number of likely N-dealkylation sites (tertiary alicyclic amines) is 1. The number of fused-ring (bicyclic) bond motifs is 2. The van der Waals surface area contributed by atoms with Crippen LogP contribution in [0.15, 0.2) is 30.5 Å². The fraction of sp³-hybridized carbons (Fsp3) is 0.400. The highest BCUT2D eigenvalue weighted by Gasteiger charge is 2.30. The van der Waals surface area contributed by atoms with Gasteiger partial charge in [0.15, 0.2) is 0 Å². The van der Waals surface area contributed by atoms with E-state index in [1.54, 1.807) is 12.3 Å². The molecule has 2 aromatic heterocycles. The van der Waals surface area contributed by atoms with E-state index in [1.165, 1.54) is 0 Å². The van der Waals surface area contributed by atoms with Gasteiger partial charge in [0.2, 0.25) is 0 Å². The van der Waals surface area contributed by atoms with Crippen molar-refractivity contribution in [2.24, 2.45) is 0 Å². The number of hydrogen-bond acceptors (Lipinski definition) is 5. The fourth-order valence-electron chi connectivity index (χ4n) is 4.25. The van der Waals surface area contributed by atoms with Gasteiger partial charge in [-0.2, -0.15) is 0 Å². The first-order valence-corrected chi connectivity index (χ1v) is 10.0. The van der Waals surface area contributed by atoms with Crippen molar-refractivity contribution in [2.45, 2.75) is 31.8 Å². The Morgan fingerprint density at radius 1 is 1.13 bits per heavy atom. The van der Waals surface area contributed by atoms with Gasteiger partial charge >= 0.3 is 0 Å². The Kier molecular flexibility index (Phi) is 7.18. The van der Waals surface area contributed by atoms with E-state index in [9.17, 15) is 4.79 Å². The monoisotopic (exact) mass is 468 g/mol. The van der Waals surface area contributed by atoms with Gasteiger partial charge in [-0.25, -0.2) is 0 Å². The second-order valence-electron chi connectivity index (χ2n) is 7.40. The molecule has 2 aliphatic rings. The molecule has 0 bridgehead atoms. The van der Waals surface area contributed by atoms with Crippen LogP contribution in [0.25, 0.3) is 10.9 Å². The van der Waals surface area contributed by atoms with Crippen LogP contribution in [0.2, 0.25) is 5.02 Å². The first-order chi connectivity index (χ1) is 13.7. The Morgan fingerprint density at radius 3 is 2.73 bits per heavy atom. The molecule has 1 amide bonds. The summed E-state index contributed by atoms with van der Waals surface area (Å²) in [5, 5.41) is 13.5. The number of pyridine rings is 1. The number of aromatic nitrogens is 4. The van der Waals surface area contributed by atoms with Crippen LogP contribution >= 0.6 is 36.4 Å². The standard InChI is InChI=1S/C20H21ClN6O.2ClH/c21-15-10-14-2-1-5-23-18(14)16(11-15)20(28)26-7-3-13(4-8-26)19-25-24-17-12-22-6-9-27(17)19;;/h1-2,5,10-11,13,22H,3-4,6-9,12H2;2*1H. The van der Waals surface area contributed by atoms with Crippen molar-refractivity contribution >= 4 is 53.2 Å². The van der Waals surface area contributed by atoms with E-state index in [-0.39, 0.29) is 30.7 Å². The van der Waals surface area contributed by atoms with Crippen molar-refractivity contribution in [3.63, 3.8) is 0 Å². The summed E-state index contributed by atoms with van der Waals surface area (Å²) in [5.74, 6) is 2.42. The minimum Gasteiger partial charge on any atom is -0.339 e. The van der Waals surface area contributed by atoms with Gasteiger partial charge in [0, 0.05) is 48.7 Å². The zero-order valence-corrected chi connectivity index (χ0v) is 18.6. The lowest BCUT2D eigenvalue weighted by Crippen LogP contribution is -2.39. The lowest BCUT2D eigenvalue weighted by Gasteiger charge is -2.32. The Balaban J connectivity index is 0.00000128. The van der Waals surface area contributed by atoms with Crippen LogP contribution in [-0.4, -0.2) is 50.2 Å². The van der Waals surface area contributed by atoms with E-state index in [2.05, 4.69) is 25.1 Å². The molecule has 4 heterocycles. The third-order valence-corrected chi connectivity index (χ3v) is 5.92. The molecular weight excluding hydrogens is 447 g/mol. The molecule has 30 heavy (non-hydrogen) atoms. The molecule has 10 heteroatoms. The molecule has 0 saturated carbocycles. The molecule has 7 nitrogen and oxygen atoms in total. The van der Waals surface area contributed by atoms with Gasteiger partial charge in [0.25, 0.3) is 5.91 Å². The Labute approximate surface area is 192 Å². The van der Waals surface area contributed by atoms with Crippen LogP contribution in [-0.2, 0) is 13.1 Å². The highest BCUT2D eigenvalue weighted by Crippen LogP contribution is 2.30. The van der Waals surface area contributed by atoms with E-state index < -0.39 is 0 Å². The van der Waals surface area contributed by atoms with Gasteiger partial charge in [-0.15, -0.1) is 35.0 Å². The Hall–Kier alpha value is -1.93. The van der Waals surface area contributed by atoms with Crippen LogP contribution in [0.5, 0.6) is 0 Å². The number of hydrogen-bond donors (Lipinski definition) is 1. The predicted octanol–water partition coefficient (Wildman–Crippen LogP) is 3.45. The first-order valence-electron chi connectivity index (χ1n) is 9.67. The number of benzene rings is 1. The summed E-state index contributed by atoms with van der Waals surface area (Å²) in [6, 6.07) is 7.36. The molecule has 0 radical (unpaired) electrons. The SMILES string of the molecule is Cl.Cl.O=C(c1cc(Cl)cc2cccnc12)N1CCC(c2nnc3n2CCNC3)CC1. The number of piperidine rings is 1. The summed E-state index contributed by atoms with van der Waals surface area (Å²) in [6.45, 7) is 4.04.